The van der Waals surface area contributed by atoms with Crippen LogP contribution in [0.1, 0.15) is 31.0 Å². The number of nitrogens with two attached hydrogens (primary N) is 1. The highest BCUT2D eigenvalue weighted by atomic mass is 32.1. The Morgan fingerprint density at radius 2 is 2.12 bits per heavy atom. The molecule has 2 rings (SSSR count). The van der Waals surface area contributed by atoms with Gasteiger partial charge in [-0.05, 0) is 38.5 Å². The van der Waals surface area contributed by atoms with Crippen molar-refractivity contribution in [3.05, 3.63) is 33.7 Å². The number of aromatic amines is 1. The van der Waals surface area contributed by atoms with E-state index in [4.69, 9.17) is 18.0 Å². The van der Waals surface area contributed by atoms with Crippen LogP contribution in [0.15, 0.2) is 16.9 Å². The molecule has 0 spiro atoms. The number of rotatable bonds is 2. The molecular weight excluding hydrogens is 234 g/mol. The number of fused-ring (bicyclic) bond motifs is 1. The van der Waals surface area contributed by atoms with Gasteiger partial charge in [0.05, 0.1) is 11.0 Å². The van der Waals surface area contributed by atoms with E-state index < -0.39 is 0 Å². The fourth-order valence-corrected chi connectivity index (χ4v) is 2.23. The van der Waals surface area contributed by atoms with Crippen LogP contribution in [-0.2, 0) is 0 Å². The van der Waals surface area contributed by atoms with E-state index in [-0.39, 0.29) is 11.7 Å². The predicted molar refractivity (Wildman–Crippen MR) is 73.6 cm³/mol. The number of benzene rings is 1. The first kappa shape index (κ1) is 11.9. The first-order chi connectivity index (χ1) is 7.91. The molecule has 0 bridgehead atoms. The van der Waals surface area contributed by atoms with Gasteiger partial charge in [-0.2, -0.15) is 0 Å². The van der Waals surface area contributed by atoms with Crippen LogP contribution in [0.3, 0.4) is 0 Å². The molecule has 90 valence electrons. The van der Waals surface area contributed by atoms with Gasteiger partial charge in [0.15, 0.2) is 0 Å². The predicted octanol–water partition coefficient (Wildman–Crippen LogP) is 1.85. The lowest BCUT2D eigenvalue weighted by Crippen LogP contribution is -2.18. The second-order valence-electron chi connectivity index (χ2n) is 4.46. The van der Waals surface area contributed by atoms with Gasteiger partial charge in [-0.3, -0.25) is 4.57 Å². The molecule has 0 fully saturated rings. The number of aromatic nitrogens is 2. The fraction of sp³-hybridized carbons (Fsp3) is 0.333. The van der Waals surface area contributed by atoms with Crippen molar-refractivity contribution in [1.29, 1.82) is 0 Å². The summed E-state index contributed by atoms with van der Waals surface area (Å²) in [6.45, 7) is 5.90. The minimum Gasteiger partial charge on any atom is -0.389 e. The zero-order valence-electron chi connectivity index (χ0n) is 10.1. The molecule has 0 radical (unpaired) electrons. The van der Waals surface area contributed by atoms with Crippen molar-refractivity contribution in [1.82, 2.24) is 9.55 Å². The standard InChI is InChI=1S/C12H15N3OS/c1-6(2)15-9-5-7(3)4-8(11(13)17)10(9)14-12(15)16/h4-6H,1-3H3,(H2,13,17)(H,14,16). The van der Waals surface area contributed by atoms with Crippen molar-refractivity contribution in [2.24, 2.45) is 5.73 Å². The van der Waals surface area contributed by atoms with Crippen molar-refractivity contribution in [3.63, 3.8) is 0 Å². The van der Waals surface area contributed by atoms with E-state index in [1.54, 1.807) is 4.57 Å². The lowest BCUT2D eigenvalue weighted by molar-refractivity contribution is 0.598. The molecule has 17 heavy (non-hydrogen) atoms. The minimum absolute atomic E-state index is 0.0947. The Kier molecular flexibility index (Phi) is 2.79. The van der Waals surface area contributed by atoms with Crippen LogP contribution in [0, 0.1) is 6.92 Å². The molecule has 3 N–H and O–H groups in total. The van der Waals surface area contributed by atoms with Crippen LogP contribution in [0.2, 0.25) is 0 Å². The van der Waals surface area contributed by atoms with Crippen molar-refractivity contribution in [2.75, 3.05) is 0 Å². The number of hydrogen-bond donors (Lipinski definition) is 2. The minimum atomic E-state index is -0.127. The van der Waals surface area contributed by atoms with Gasteiger partial charge in [-0.25, -0.2) is 4.79 Å². The van der Waals surface area contributed by atoms with E-state index in [9.17, 15) is 4.79 Å². The van der Waals surface area contributed by atoms with Gasteiger partial charge >= 0.3 is 5.69 Å². The zero-order chi connectivity index (χ0) is 12.7. The third kappa shape index (κ3) is 1.86. The average molecular weight is 249 g/mol. The van der Waals surface area contributed by atoms with Crippen molar-refractivity contribution >= 4 is 28.2 Å². The summed E-state index contributed by atoms with van der Waals surface area (Å²) >= 11 is 5.01. The Morgan fingerprint density at radius 1 is 1.47 bits per heavy atom. The summed E-state index contributed by atoms with van der Waals surface area (Å²) in [5, 5.41) is 0. The summed E-state index contributed by atoms with van der Waals surface area (Å²) < 4.78 is 1.71. The number of aryl methyl sites for hydroxylation is 1. The monoisotopic (exact) mass is 249 g/mol. The molecule has 0 aliphatic carbocycles. The van der Waals surface area contributed by atoms with Crippen LogP contribution >= 0.6 is 12.2 Å². The average Bonchev–Trinajstić information content (AvgIpc) is 2.52. The third-order valence-electron chi connectivity index (χ3n) is 2.75. The molecule has 0 amide bonds. The van der Waals surface area contributed by atoms with Gasteiger partial charge in [-0.15, -0.1) is 0 Å². The largest absolute Gasteiger partial charge is 0.389 e. The lowest BCUT2D eigenvalue weighted by atomic mass is 10.1. The molecule has 4 nitrogen and oxygen atoms in total. The summed E-state index contributed by atoms with van der Waals surface area (Å²) in [6, 6.07) is 3.96. The van der Waals surface area contributed by atoms with Crippen LogP contribution in [0.5, 0.6) is 0 Å². The van der Waals surface area contributed by atoms with Gasteiger partial charge in [0, 0.05) is 11.6 Å². The van der Waals surface area contributed by atoms with Gasteiger partial charge < -0.3 is 10.7 Å². The second kappa shape index (κ2) is 4.00. The molecular formula is C12H15N3OS. The van der Waals surface area contributed by atoms with Crippen LogP contribution in [0.25, 0.3) is 11.0 Å². The number of thiocarbonyl (C=S) groups is 1. The summed E-state index contributed by atoms with van der Waals surface area (Å²) in [6.07, 6.45) is 0. The first-order valence-electron chi connectivity index (χ1n) is 5.46. The molecule has 2 aromatic rings. The summed E-state index contributed by atoms with van der Waals surface area (Å²) in [5.74, 6) is 0. The number of imidazole rings is 1. The van der Waals surface area contributed by atoms with E-state index in [0.29, 0.717) is 4.99 Å². The summed E-state index contributed by atoms with van der Waals surface area (Å²) in [7, 11) is 0. The SMILES string of the molecule is Cc1cc(C(N)=S)c2[nH]c(=O)n(C(C)C)c2c1. The molecule has 5 heteroatoms. The van der Waals surface area contributed by atoms with E-state index in [1.165, 1.54) is 0 Å². The number of nitrogens with one attached hydrogen (secondary N) is 1. The molecule has 0 saturated carbocycles. The first-order valence-corrected chi connectivity index (χ1v) is 5.87. The van der Waals surface area contributed by atoms with E-state index in [1.807, 2.05) is 32.9 Å². The maximum atomic E-state index is 11.9. The molecule has 1 aromatic carbocycles. The molecule has 0 aliphatic heterocycles. The highest BCUT2D eigenvalue weighted by molar-refractivity contribution is 7.80. The van der Waals surface area contributed by atoms with E-state index >= 15 is 0 Å². The van der Waals surface area contributed by atoms with Crippen LogP contribution < -0.4 is 11.4 Å². The van der Waals surface area contributed by atoms with Crippen molar-refractivity contribution in [3.8, 4) is 0 Å². The topological polar surface area (TPSA) is 63.8 Å². The third-order valence-corrected chi connectivity index (χ3v) is 2.97. The number of H-pyrrole nitrogens is 1. The Morgan fingerprint density at radius 3 is 2.65 bits per heavy atom. The maximum absolute atomic E-state index is 11.9. The Labute approximate surface area is 104 Å². The Bertz CT molecular complexity index is 652. The second-order valence-corrected chi connectivity index (χ2v) is 4.90. The molecule has 0 unspecified atom stereocenters. The lowest BCUT2D eigenvalue weighted by Gasteiger charge is -2.08. The summed E-state index contributed by atoms with van der Waals surface area (Å²) in [4.78, 5) is 15.0. The molecule has 1 aromatic heterocycles. The fourth-order valence-electron chi connectivity index (χ4n) is 2.07. The maximum Gasteiger partial charge on any atom is 0.326 e. The van der Waals surface area contributed by atoms with Crippen LogP contribution in [-0.4, -0.2) is 14.5 Å². The normalized spacial score (nSPS) is 11.3. The molecule has 0 saturated heterocycles. The van der Waals surface area contributed by atoms with E-state index in [2.05, 4.69) is 4.98 Å². The van der Waals surface area contributed by atoms with Gasteiger partial charge in [-0.1, -0.05) is 12.2 Å². The molecule has 1 heterocycles. The summed E-state index contributed by atoms with van der Waals surface area (Å²) in [5.41, 5.74) is 8.90. The number of hydrogen-bond acceptors (Lipinski definition) is 2. The highest BCUT2D eigenvalue weighted by Gasteiger charge is 2.14. The van der Waals surface area contributed by atoms with Crippen molar-refractivity contribution in [2.45, 2.75) is 26.8 Å². The van der Waals surface area contributed by atoms with Gasteiger partial charge in [0.1, 0.15) is 4.99 Å². The Balaban J connectivity index is 2.94. The van der Waals surface area contributed by atoms with Crippen molar-refractivity contribution < 1.29 is 0 Å². The quantitative estimate of drug-likeness (QED) is 0.798. The highest BCUT2D eigenvalue weighted by Crippen LogP contribution is 2.20. The van der Waals surface area contributed by atoms with Crippen LogP contribution in [0.4, 0.5) is 0 Å². The molecule has 0 aliphatic rings. The zero-order valence-corrected chi connectivity index (χ0v) is 10.9. The smallest absolute Gasteiger partial charge is 0.326 e. The number of nitrogens with zero attached hydrogens (tertiary/aromatic N) is 1. The van der Waals surface area contributed by atoms with E-state index in [0.717, 1.165) is 22.2 Å². The van der Waals surface area contributed by atoms with Gasteiger partial charge in [0.2, 0.25) is 0 Å². The molecule has 0 atom stereocenters. The Hall–Kier alpha value is -1.62. The van der Waals surface area contributed by atoms with Gasteiger partial charge in [0.25, 0.3) is 0 Å².